The van der Waals surface area contributed by atoms with Crippen molar-refractivity contribution in [1.29, 1.82) is 0 Å². The van der Waals surface area contributed by atoms with Gasteiger partial charge in [-0.25, -0.2) is 0 Å². The first-order chi connectivity index (χ1) is 9.18. The van der Waals surface area contributed by atoms with Crippen LogP contribution >= 0.6 is 0 Å². The predicted molar refractivity (Wildman–Crippen MR) is 90.2 cm³/mol. The Morgan fingerprint density at radius 2 is 1.80 bits per heavy atom. The molecule has 1 aliphatic carbocycles. The molecule has 0 spiro atoms. The molecule has 1 saturated carbocycles. The molecule has 0 aromatic rings. The molecule has 1 fully saturated rings. The summed E-state index contributed by atoms with van der Waals surface area (Å²) in [5, 5.41) is 3.67. The molecule has 2 nitrogen and oxygen atoms in total. The first-order valence-electron chi connectivity index (χ1n) is 8.61. The van der Waals surface area contributed by atoms with Crippen LogP contribution in [-0.4, -0.2) is 37.1 Å². The number of nitrogens with zero attached hydrogens (tertiary/aromatic N) is 1. The van der Waals surface area contributed by atoms with Crippen LogP contribution in [0.15, 0.2) is 0 Å². The van der Waals surface area contributed by atoms with Crippen molar-refractivity contribution in [2.45, 2.75) is 85.7 Å². The summed E-state index contributed by atoms with van der Waals surface area (Å²) in [7, 11) is 2.33. The quantitative estimate of drug-likeness (QED) is 0.749. The summed E-state index contributed by atoms with van der Waals surface area (Å²) in [4.78, 5) is 2.62. The van der Waals surface area contributed by atoms with Crippen LogP contribution in [0.1, 0.15) is 73.6 Å². The molecule has 20 heavy (non-hydrogen) atoms. The van der Waals surface area contributed by atoms with Crippen molar-refractivity contribution < 1.29 is 0 Å². The van der Waals surface area contributed by atoms with Crippen LogP contribution in [0.5, 0.6) is 0 Å². The molecule has 120 valence electrons. The van der Waals surface area contributed by atoms with Crippen molar-refractivity contribution >= 4 is 0 Å². The normalized spacial score (nSPS) is 22.2. The van der Waals surface area contributed by atoms with E-state index in [4.69, 9.17) is 0 Å². The van der Waals surface area contributed by atoms with Crippen molar-refractivity contribution in [2.24, 2.45) is 10.8 Å². The third-order valence-electron chi connectivity index (χ3n) is 5.46. The molecule has 2 heteroatoms. The minimum atomic E-state index is 0.330. The van der Waals surface area contributed by atoms with E-state index in [9.17, 15) is 0 Å². The summed E-state index contributed by atoms with van der Waals surface area (Å²) in [5.41, 5.74) is 0.902. The Morgan fingerprint density at radius 1 is 1.25 bits per heavy atom. The monoisotopic (exact) mass is 282 g/mol. The van der Waals surface area contributed by atoms with Gasteiger partial charge in [-0.1, -0.05) is 34.6 Å². The topological polar surface area (TPSA) is 15.3 Å². The highest BCUT2D eigenvalue weighted by Crippen LogP contribution is 2.37. The molecule has 0 bridgehead atoms. The van der Waals surface area contributed by atoms with Gasteiger partial charge < -0.3 is 10.2 Å². The van der Waals surface area contributed by atoms with Crippen LogP contribution < -0.4 is 5.32 Å². The van der Waals surface area contributed by atoms with Crippen LogP contribution in [0.4, 0.5) is 0 Å². The maximum atomic E-state index is 3.67. The Morgan fingerprint density at radius 3 is 2.30 bits per heavy atom. The Balaban J connectivity index is 2.46. The largest absolute Gasteiger partial charge is 0.314 e. The van der Waals surface area contributed by atoms with E-state index in [2.05, 4.69) is 58.8 Å². The lowest BCUT2D eigenvalue weighted by Crippen LogP contribution is -2.49. The molecule has 0 aromatic carbocycles. The fraction of sp³-hybridized carbons (Fsp3) is 1.00. The Kier molecular flexibility index (Phi) is 6.53. The predicted octanol–water partition coefficient (Wildman–Crippen LogP) is 4.30. The van der Waals surface area contributed by atoms with Gasteiger partial charge in [0.1, 0.15) is 0 Å². The zero-order valence-electron chi connectivity index (χ0n) is 15.1. The Bertz CT molecular complexity index is 273. The molecule has 1 atom stereocenters. The van der Waals surface area contributed by atoms with E-state index in [1.165, 1.54) is 38.6 Å². The smallest absolute Gasteiger partial charge is 0.0102 e. The lowest BCUT2D eigenvalue weighted by Gasteiger charge is -2.43. The summed E-state index contributed by atoms with van der Waals surface area (Å²) in [6.45, 7) is 16.6. The Hall–Kier alpha value is -0.0800. The van der Waals surface area contributed by atoms with Crippen molar-refractivity contribution in [2.75, 3.05) is 20.1 Å². The highest BCUT2D eigenvalue weighted by atomic mass is 15.1. The summed E-state index contributed by atoms with van der Waals surface area (Å²) in [6.07, 6.45) is 6.72. The molecule has 1 N–H and O–H groups in total. The van der Waals surface area contributed by atoms with Crippen LogP contribution in [0.3, 0.4) is 0 Å². The third-order valence-corrected chi connectivity index (χ3v) is 5.46. The molecule has 0 radical (unpaired) electrons. The number of rotatable bonds is 7. The molecule has 0 amide bonds. The van der Waals surface area contributed by atoms with E-state index >= 15 is 0 Å². The van der Waals surface area contributed by atoms with E-state index < -0.39 is 0 Å². The molecule has 1 aliphatic rings. The maximum absolute atomic E-state index is 3.67. The molecule has 0 saturated heterocycles. The van der Waals surface area contributed by atoms with Crippen LogP contribution in [0, 0.1) is 10.8 Å². The van der Waals surface area contributed by atoms with Crippen LogP contribution in [0.2, 0.25) is 0 Å². The van der Waals surface area contributed by atoms with E-state index in [-0.39, 0.29) is 0 Å². The summed E-state index contributed by atoms with van der Waals surface area (Å²) < 4.78 is 0. The van der Waals surface area contributed by atoms with Crippen molar-refractivity contribution in [3.63, 3.8) is 0 Å². The molecule has 1 unspecified atom stereocenters. The SMILES string of the molecule is CCCNC(C)C(C)(C)CN(C)C1CCC(C)(C)CC1. The molecule has 0 heterocycles. The van der Waals surface area contributed by atoms with Crippen molar-refractivity contribution in [3.8, 4) is 0 Å². The lowest BCUT2D eigenvalue weighted by molar-refractivity contribution is 0.0824. The second kappa shape index (κ2) is 7.26. The van der Waals surface area contributed by atoms with Gasteiger partial charge in [0.15, 0.2) is 0 Å². The van der Waals surface area contributed by atoms with Gasteiger partial charge in [-0.15, -0.1) is 0 Å². The first kappa shape index (κ1) is 18.0. The van der Waals surface area contributed by atoms with Gasteiger partial charge in [-0.2, -0.15) is 0 Å². The average molecular weight is 283 g/mol. The fourth-order valence-corrected chi connectivity index (χ4v) is 3.37. The molecule has 0 aliphatic heterocycles. The van der Waals surface area contributed by atoms with E-state index in [1.54, 1.807) is 0 Å². The van der Waals surface area contributed by atoms with Gasteiger partial charge in [-0.05, 0) is 63.5 Å². The molecule has 1 rings (SSSR count). The van der Waals surface area contributed by atoms with E-state index in [1.807, 2.05) is 0 Å². The number of nitrogens with one attached hydrogen (secondary N) is 1. The van der Waals surface area contributed by atoms with Gasteiger partial charge in [0.25, 0.3) is 0 Å². The van der Waals surface area contributed by atoms with Crippen molar-refractivity contribution in [1.82, 2.24) is 10.2 Å². The average Bonchev–Trinajstić information content (AvgIpc) is 2.34. The van der Waals surface area contributed by atoms with Crippen LogP contribution in [-0.2, 0) is 0 Å². The van der Waals surface area contributed by atoms with E-state index in [0.29, 0.717) is 16.9 Å². The summed E-state index contributed by atoms with van der Waals surface area (Å²) in [6, 6.07) is 1.37. The molecular weight excluding hydrogens is 244 g/mol. The minimum absolute atomic E-state index is 0.330. The molecular formula is C18H38N2. The van der Waals surface area contributed by atoms with Crippen molar-refractivity contribution in [3.05, 3.63) is 0 Å². The zero-order chi connectivity index (χ0) is 15.4. The van der Waals surface area contributed by atoms with Crippen LogP contribution in [0.25, 0.3) is 0 Å². The van der Waals surface area contributed by atoms with Gasteiger partial charge in [-0.3, -0.25) is 0 Å². The Labute approximate surface area is 127 Å². The summed E-state index contributed by atoms with van der Waals surface area (Å²) >= 11 is 0. The number of hydrogen-bond acceptors (Lipinski definition) is 2. The maximum Gasteiger partial charge on any atom is 0.0102 e. The van der Waals surface area contributed by atoms with Gasteiger partial charge in [0, 0.05) is 18.6 Å². The van der Waals surface area contributed by atoms with Gasteiger partial charge in [0.05, 0.1) is 0 Å². The van der Waals surface area contributed by atoms with E-state index in [0.717, 1.165) is 12.6 Å². The lowest BCUT2D eigenvalue weighted by atomic mass is 9.75. The second-order valence-corrected chi connectivity index (χ2v) is 8.47. The highest BCUT2D eigenvalue weighted by molar-refractivity contribution is 4.88. The minimum Gasteiger partial charge on any atom is -0.314 e. The molecule has 0 aromatic heterocycles. The first-order valence-corrected chi connectivity index (χ1v) is 8.61. The fourth-order valence-electron chi connectivity index (χ4n) is 3.37. The zero-order valence-corrected chi connectivity index (χ0v) is 15.1. The standard InChI is InChI=1S/C18H38N2/c1-8-13-19-15(2)18(5,6)14-20(7)16-9-11-17(3,4)12-10-16/h15-16,19H,8-14H2,1-7H3. The highest BCUT2D eigenvalue weighted by Gasteiger charge is 2.32. The summed E-state index contributed by atoms with van der Waals surface area (Å²) in [5.74, 6) is 0. The third kappa shape index (κ3) is 5.37. The number of hydrogen-bond donors (Lipinski definition) is 1. The van der Waals surface area contributed by atoms with Gasteiger partial charge >= 0.3 is 0 Å². The second-order valence-electron chi connectivity index (χ2n) is 8.47. The van der Waals surface area contributed by atoms with Gasteiger partial charge in [0.2, 0.25) is 0 Å².